The standard InChI is InChI=1S/C18H17NO2/c1-12(20)9-18(21)19-17-8-4-7-15-10-13-5-2-3-6-14(13)11-16(15)17/h2-8,10-12,20H,9H2,1H3,(H,19,21). The highest BCUT2D eigenvalue weighted by molar-refractivity contribution is 6.07. The topological polar surface area (TPSA) is 49.3 Å². The Morgan fingerprint density at radius 2 is 1.71 bits per heavy atom. The molecule has 21 heavy (non-hydrogen) atoms. The number of anilines is 1. The number of hydrogen-bond donors (Lipinski definition) is 2. The highest BCUT2D eigenvalue weighted by Crippen LogP contribution is 2.28. The van der Waals surface area contributed by atoms with Gasteiger partial charge in [0, 0.05) is 11.1 Å². The summed E-state index contributed by atoms with van der Waals surface area (Å²) in [6.45, 7) is 1.61. The summed E-state index contributed by atoms with van der Waals surface area (Å²) in [5.74, 6) is -0.175. The van der Waals surface area contributed by atoms with Gasteiger partial charge in [0.05, 0.1) is 12.5 Å². The molecule has 3 nitrogen and oxygen atoms in total. The zero-order valence-electron chi connectivity index (χ0n) is 11.8. The predicted molar refractivity (Wildman–Crippen MR) is 86.4 cm³/mol. The number of carbonyl (C=O) groups is 1. The van der Waals surface area contributed by atoms with Crippen LogP contribution in [0.25, 0.3) is 21.5 Å². The van der Waals surface area contributed by atoms with Crippen LogP contribution in [0.3, 0.4) is 0 Å². The molecule has 3 aromatic rings. The molecule has 0 radical (unpaired) electrons. The first-order chi connectivity index (χ1) is 10.1. The summed E-state index contributed by atoms with van der Waals surface area (Å²) in [5.41, 5.74) is 0.781. The molecule has 3 rings (SSSR count). The van der Waals surface area contributed by atoms with Crippen LogP contribution >= 0.6 is 0 Å². The van der Waals surface area contributed by atoms with E-state index in [2.05, 4.69) is 29.6 Å². The third-order valence-electron chi connectivity index (χ3n) is 3.50. The van der Waals surface area contributed by atoms with Crippen LogP contribution < -0.4 is 5.32 Å². The predicted octanol–water partition coefficient (Wildman–Crippen LogP) is 3.70. The van der Waals surface area contributed by atoms with Crippen LogP contribution in [0.4, 0.5) is 5.69 Å². The van der Waals surface area contributed by atoms with E-state index in [0.29, 0.717) is 0 Å². The highest BCUT2D eigenvalue weighted by atomic mass is 16.3. The molecular formula is C18H17NO2. The summed E-state index contributed by atoms with van der Waals surface area (Å²) < 4.78 is 0. The van der Waals surface area contributed by atoms with E-state index >= 15 is 0 Å². The Morgan fingerprint density at radius 1 is 1.05 bits per heavy atom. The van der Waals surface area contributed by atoms with Gasteiger partial charge in [0.2, 0.25) is 5.91 Å². The minimum absolute atomic E-state index is 0.101. The van der Waals surface area contributed by atoms with Crippen LogP contribution in [-0.2, 0) is 4.79 Å². The number of aliphatic hydroxyl groups excluding tert-OH is 1. The SMILES string of the molecule is CC(O)CC(=O)Nc1cccc2cc3ccccc3cc12. The number of nitrogens with one attached hydrogen (secondary N) is 1. The monoisotopic (exact) mass is 279 g/mol. The second-order valence-corrected chi connectivity index (χ2v) is 5.33. The Bertz CT molecular complexity index is 809. The molecule has 0 bridgehead atoms. The fourth-order valence-electron chi connectivity index (χ4n) is 2.55. The zero-order chi connectivity index (χ0) is 14.8. The molecular weight excluding hydrogens is 262 g/mol. The molecule has 0 aromatic heterocycles. The van der Waals surface area contributed by atoms with Crippen LogP contribution in [0.2, 0.25) is 0 Å². The summed E-state index contributed by atoms with van der Waals surface area (Å²) in [6.07, 6.45) is -0.537. The lowest BCUT2D eigenvalue weighted by Crippen LogP contribution is -2.17. The van der Waals surface area contributed by atoms with E-state index in [0.717, 1.165) is 21.8 Å². The normalized spacial score (nSPS) is 12.5. The molecule has 3 aromatic carbocycles. The lowest BCUT2D eigenvalue weighted by molar-refractivity contribution is -0.117. The molecule has 1 amide bonds. The van der Waals surface area contributed by atoms with E-state index in [9.17, 15) is 9.90 Å². The first kappa shape index (κ1) is 13.6. The highest BCUT2D eigenvalue weighted by Gasteiger charge is 2.09. The minimum Gasteiger partial charge on any atom is -0.393 e. The first-order valence-corrected chi connectivity index (χ1v) is 7.03. The van der Waals surface area contributed by atoms with E-state index in [4.69, 9.17) is 0 Å². The van der Waals surface area contributed by atoms with Crippen molar-refractivity contribution in [1.29, 1.82) is 0 Å². The maximum Gasteiger partial charge on any atom is 0.226 e. The molecule has 2 N–H and O–H groups in total. The molecule has 0 aliphatic heterocycles. The van der Waals surface area contributed by atoms with E-state index < -0.39 is 6.10 Å². The van der Waals surface area contributed by atoms with Gasteiger partial charge >= 0.3 is 0 Å². The number of aliphatic hydroxyl groups is 1. The molecule has 0 saturated heterocycles. The van der Waals surface area contributed by atoms with Crippen molar-refractivity contribution < 1.29 is 9.90 Å². The van der Waals surface area contributed by atoms with E-state index in [1.807, 2.05) is 30.3 Å². The molecule has 0 aliphatic rings. The number of benzene rings is 3. The molecule has 1 unspecified atom stereocenters. The van der Waals surface area contributed by atoms with Gasteiger partial charge in [0.1, 0.15) is 0 Å². The van der Waals surface area contributed by atoms with Crippen molar-refractivity contribution in [3.05, 3.63) is 54.6 Å². The van der Waals surface area contributed by atoms with Crippen LogP contribution in [-0.4, -0.2) is 17.1 Å². The van der Waals surface area contributed by atoms with Crippen LogP contribution in [0.5, 0.6) is 0 Å². The van der Waals surface area contributed by atoms with Crippen LogP contribution in [0.1, 0.15) is 13.3 Å². The van der Waals surface area contributed by atoms with Gasteiger partial charge in [-0.15, -0.1) is 0 Å². The molecule has 0 saturated carbocycles. The minimum atomic E-state index is -0.638. The fraction of sp³-hybridized carbons (Fsp3) is 0.167. The summed E-state index contributed by atoms with van der Waals surface area (Å²) in [4.78, 5) is 11.9. The maximum absolute atomic E-state index is 11.9. The van der Waals surface area contributed by atoms with E-state index in [-0.39, 0.29) is 12.3 Å². The van der Waals surface area contributed by atoms with Crippen molar-refractivity contribution in [1.82, 2.24) is 0 Å². The molecule has 1 atom stereocenters. The Hall–Kier alpha value is -2.39. The Morgan fingerprint density at radius 3 is 2.43 bits per heavy atom. The van der Waals surface area contributed by atoms with Gasteiger partial charge < -0.3 is 10.4 Å². The number of rotatable bonds is 3. The second-order valence-electron chi connectivity index (χ2n) is 5.33. The van der Waals surface area contributed by atoms with Crippen molar-refractivity contribution in [2.75, 3.05) is 5.32 Å². The summed E-state index contributed by atoms with van der Waals surface area (Å²) in [6, 6.07) is 18.2. The average molecular weight is 279 g/mol. The van der Waals surface area contributed by atoms with Crippen LogP contribution in [0.15, 0.2) is 54.6 Å². The maximum atomic E-state index is 11.9. The molecule has 0 spiro atoms. The number of fused-ring (bicyclic) bond motifs is 2. The van der Waals surface area contributed by atoms with E-state index in [1.54, 1.807) is 6.92 Å². The summed E-state index contributed by atoms with van der Waals surface area (Å²) in [7, 11) is 0. The van der Waals surface area contributed by atoms with Gasteiger partial charge in [-0.3, -0.25) is 4.79 Å². The number of hydrogen-bond acceptors (Lipinski definition) is 2. The zero-order valence-corrected chi connectivity index (χ0v) is 11.8. The second kappa shape index (κ2) is 5.54. The fourth-order valence-corrected chi connectivity index (χ4v) is 2.55. The van der Waals surface area contributed by atoms with Gasteiger partial charge in [-0.1, -0.05) is 36.4 Å². The Labute approximate surface area is 123 Å². The first-order valence-electron chi connectivity index (χ1n) is 7.03. The Kier molecular flexibility index (Phi) is 3.59. The summed E-state index contributed by atoms with van der Waals surface area (Å²) >= 11 is 0. The molecule has 0 heterocycles. The smallest absolute Gasteiger partial charge is 0.226 e. The number of carbonyl (C=O) groups excluding carboxylic acids is 1. The summed E-state index contributed by atoms with van der Waals surface area (Å²) in [5, 5.41) is 16.6. The van der Waals surface area contributed by atoms with Crippen molar-refractivity contribution in [2.24, 2.45) is 0 Å². The van der Waals surface area contributed by atoms with Crippen molar-refractivity contribution in [3.8, 4) is 0 Å². The van der Waals surface area contributed by atoms with E-state index in [1.165, 1.54) is 5.39 Å². The van der Waals surface area contributed by atoms with Crippen molar-refractivity contribution >= 4 is 33.1 Å². The number of amides is 1. The Balaban J connectivity index is 2.06. The molecule has 0 fully saturated rings. The largest absolute Gasteiger partial charge is 0.393 e. The lowest BCUT2D eigenvalue weighted by atomic mass is 10.0. The van der Waals surface area contributed by atoms with Crippen LogP contribution in [0, 0.1) is 0 Å². The lowest BCUT2D eigenvalue weighted by Gasteiger charge is -2.11. The van der Waals surface area contributed by atoms with Gasteiger partial charge in [-0.05, 0) is 41.3 Å². The van der Waals surface area contributed by atoms with Gasteiger partial charge in [-0.2, -0.15) is 0 Å². The molecule has 0 aliphatic carbocycles. The van der Waals surface area contributed by atoms with Crippen molar-refractivity contribution in [2.45, 2.75) is 19.4 Å². The van der Waals surface area contributed by atoms with Gasteiger partial charge in [-0.25, -0.2) is 0 Å². The third kappa shape index (κ3) is 2.88. The van der Waals surface area contributed by atoms with Gasteiger partial charge in [0.15, 0.2) is 0 Å². The molecule has 3 heteroatoms. The molecule has 106 valence electrons. The quantitative estimate of drug-likeness (QED) is 0.718. The average Bonchev–Trinajstić information content (AvgIpc) is 2.45. The van der Waals surface area contributed by atoms with Crippen molar-refractivity contribution in [3.63, 3.8) is 0 Å². The third-order valence-corrected chi connectivity index (χ3v) is 3.50. The van der Waals surface area contributed by atoms with Gasteiger partial charge in [0.25, 0.3) is 0 Å².